The van der Waals surface area contributed by atoms with Gasteiger partial charge < -0.3 is 14.4 Å². The fraction of sp³-hybridized carbons (Fsp3) is 0.467. The van der Waals surface area contributed by atoms with Gasteiger partial charge in [-0.15, -0.1) is 0 Å². The summed E-state index contributed by atoms with van der Waals surface area (Å²) in [5.74, 6) is 0.553. The summed E-state index contributed by atoms with van der Waals surface area (Å²) in [6.45, 7) is 4.88. The number of benzene rings is 1. The van der Waals surface area contributed by atoms with Crippen LogP contribution in [0.25, 0.3) is 0 Å². The van der Waals surface area contributed by atoms with Crippen LogP contribution in [0.4, 0.5) is 5.69 Å². The lowest BCUT2D eigenvalue weighted by atomic mass is 9.93. The van der Waals surface area contributed by atoms with E-state index in [1.165, 1.54) is 0 Å². The fourth-order valence-electron chi connectivity index (χ4n) is 2.14. The largest absolute Gasteiger partial charge is 0.490 e. The van der Waals surface area contributed by atoms with E-state index in [4.69, 9.17) is 9.47 Å². The second kappa shape index (κ2) is 5.63. The fourth-order valence-corrected chi connectivity index (χ4v) is 2.14. The molecule has 1 aliphatic rings. The van der Waals surface area contributed by atoms with Gasteiger partial charge in [-0.25, -0.2) is 0 Å². The molecular formula is C15H19NO4. The Morgan fingerprint density at radius 2 is 2.20 bits per heavy atom. The summed E-state index contributed by atoms with van der Waals surface area (Å²) in [5, 5.41) is 0. The Bertz CT molecular complexity index is 525. The smallest absolute Gasteiger partial charge is 0.236 e. The monoisotopic (exact) mass is 277 g/mol. The van der Waals surface area contributed by atoms with Crippen LogP contribution in [0.5, 0.6) is 5.75 Å². The molecule has 1 amide bonds. The molecule has 5 heteroatoms. The number of methoxy groups -OCH3 is 1. The van der Waals surface area contributed by atoms with E-state index in [-0.39, 0.29) is 12.5 Å². The summed E-state index contributed by atoms with van der Waals surface area (Å²) >= 11 is 0. The number of hydrogen-bond donors (Lipinski definition) is 0. The van der Waals surface area contributed by atoms with E-state index in [2.05, 4.69) is 0 Å². The van der Waals surface area contributed by atoms with Crippen LogP contribution < -0.4 is 9.64 Å². The van der Waals surface area contributed by atoms with Crippen molar-refractivity contribution in [2.75, 3.05) is 31.8 Å². The molecule has 20 heavy (non-hydrogen) atoms. The highest BCUT2D eigenvalue weighted by Gasteiger charge is 2.37. The van der Waals surface area contributed by atoms with Crippen molar-refractivity contribution in [2.45, 2.75) is 13.8 Å². The topological polar surface area (TPSA) is 55.8 Å². The van der Waals surface area contributed by atoms with E-state index < -0.39 is 5.41 Å². The first-order valence-electron chi connectivity index (χ1n) is 6.52. The van der Waals surface area contributed by atoms with Gasteiger partial charge in [0.1, 0.15) is 18.6 Å². The number of nitrogens with zero attached hydrogens (tertiary/aromatic N) is 1. The van der Waals surface area contributed by atoms with Crippen molar-refractivity contribution >= 4 is 17.9 Å². The van der Waals surface area contributed by atoms with Crippen molar-refractivity contribution in [2.24, 2.45) is 5.41 Å². The van der Waals surface area contributed by atoms with Crippen LogP contribution in [0.1, 0.15) is 24.2 Å². The number of anilines is 1. The number of carbonyl (C=O) groups is 2. The molecule has 0 spiro atoms. The van der Waals surface area contributed by atoms with Gasteiger partial charge in [-0.2, -0.15) is 0 Å². The molecule has 0 atom stereocenters. The third-order valence-corrected chi connectivity index (χ3v) is 3.34. The maximum atomic E-state index is 12.6. The molecular weight excluding hydrogens is 258 g/mol. The van der Waals surface area contributed by atoms with Crippen molar-refractivity contribution in [3.05, 3.63) is 23.8 Å². The summed E-state index contributed by atoms with van der Waals surface area (Å²) in [4.78, 5) is 25.1. The molecule has 0 radical (unpaired) electrons. The van der Waals surface area contributed by atoms with Gasteiger partial charge in [0.05, 0.1) is 17.7 Å². The molecule has 1 heterocycles. The Labute approximate surface area is 118 Å². The first-order valence-corrected chi connectivity index (χ1v) is 6.52. The first kappa shape index (κ1) is 14.5. The second-order valence-corrected chi connectivity index (χ2v) is 5.47. The number of rotatable bonds is 4. The lowest BCUT2D eigenvalue weighted by molar-refractivity contribution is -0.127. The molecule has 1 aliphatic heterocycles. The Hall–Kier alpha value is -1.88. The lowest BCUT2D eigenvalue weighted by Crippen LogP contribution is -2.43. The zero-order chi connectivity index (χ0) is 14.8. The Morgan fingerprint density at radius 3 is 2.85 bits per heavy atom. The second-order valence-electron chi connectivity index (χ2n) is 5.47. The van der Waals surface area contributed by atoms with Crippen LogP contribution in [0.15, 0.2) is 18.2 Å². The molecule has 0 saturated heterocycles. The molecule has 1 aromatic rings. The minimum Gasteiger partial charge on any atom is -0.490 e. The average Bonchev–Trinajstić information content (AvgIpc) is 2.53. The minimum absolute atomic E-state index is 0.00727. The third-order valence-electron chi connectivity index (χ3n) is 3.34. The van der Waals surface area contributed by atoms with Crippen molar-refractivity contribution < 1.29 is 19.1 Å². The molecule has 0 N–H and O–H groups in total. The Kier molecular flexibility index (Phi) is 4.09. The predicted molar refractivity (Wildman–Crippen MR) is 75.3 cm³/mol. The molecule has 1 aromatic carbocycles. The highest BCUT2D eigenvalue weighted by atomic mass is 16.5. The molecule has 0 fully saturated rings. The van der Waals surface area contributed by atoms with Crippen LogP contribution in [-0.4, -0.2) is 39.1 Å². The quantitative estimate of drug-likeness (QED) is 0.789. The maximum Gasteiger partial charge on any atom is 0.236 e. The van der Waals surface area contributed by atoms with E-state index in [1.807, 2.05) is 13.8 Å². The summed E-state index contributed by atoms with van der Waals surface area (Å²) in [5.41, 5.74) is 0.597. The highest BCUT2D eigenvalue weighted by molar-refractivity contribution is 5.99. The third kappa shape index (κ3) is 2.67. The summed E-state index contributed by atoms with van der Waals surface area (Å²) in [7, 11) is 1.60. The van der Waals surface area contributed by atoms with Gasteiger partial charge in [-0.05, 0) is 32.0 Å². The van der Waals surface area contributed by atoms with E-state index >= 15 is 0 Å². The number of carbonyl (C=O) groups excluding carboxylic acids is 2. The summed E-state index contributed by atoms with van der Waals surface area (Å²) in [6, 6.07) is 5.09. The minimum atomic E-state index is -0.617. The molecule has 5 nitrogen and oxygen atoms in total. The Balaban J connectivity index is 2.45. The zero-order valence-corrected chi connectivity index (χ0v) is 12.0. The average molecular weight is 277 g/mol. The van der Waals surface area contributed by atoms with Gasteiger partial charge in [-0.3, -0.25) is 9.59 Å². The first-order chi connectivity index (χ1) is 9.49. The number of amides is 1. The van der Waals surface area contributed by atoms with Gasteiger partial charge in [0, 0.05) is 19.2 Å². The number of hydrogen-bond acceptors (Lipinski definition) is 4. The molecule has 0 unspecified atom stereocenters. The van der Waals surface area contributed by atoms with Crippen molar-refractivity contribution in [1.29, 1.82) is 0 Å². The molecule has 0 saturated carbocycles. The van der Waals surface area contributed by atoms with E-state index in [0.717, 1.165) is 6.29 Å². The van der Waals surface area contributed by atoms with Crippen LogP contribution in [0, 0.1) is 5.41 Å². The van der Waals surface area contributed by atoms with Crippen molar-refractivity contribution in [1.82, 2.24) is 0 Å². The van der Waals surface area contributed by atoms with Crippen LogP contribution in [0.2, 0.25) is 0 Å². The highest BCUT2D eigenvalue weighted by Crippen LogP contribution is 2.36. The summed E-state index contributed by atoms with van der Waals surface area (Å²) < 4.78 is 10.8. The zero-order valence-electron chi connectivity index (χ0n) is 12.0. The van der Waals surface area contributed by atoms with E-state index in [0.29, 0.717) is 30.2 Å². The van der Waals surface area contributed by atoms with Crippen LogP contribution in [0.3, 0.4) is 0 Å². The molecule has 0 aliphatic carbocycles. The SMILES string of the molecule is COCCN1C(=O)C(C)(C)COc2cc(C=O)ccc21. The van der Waals surface area contributed by atoms with Crippen molar-refractivity contribution in [3.63, 3.8) is 0 Å². The van der Waals surface area contributed by atoms with Gasteiger partial charge >= 0.3 is 0 Å². The molecule has 108 valence electrons. The standard InChI is InChI=1S/C15H19NO4/c1-15(2)10-20-13-8-11(9-17)4-5-12(13)16(14(15)18)6-7-19-3/h4-5,8-9H,6-7,10H2,1-3H3. The van der Waals surface area contributed by atoms with E-state index in [1.54, 1.807) is 30.2 Å². The van der Waals surface area contributed by atoms with Crippen LogP contribution >= 0.6 is 0 Å². The van der Waals surface area contributed by atoms with Crippen LogP contribution in [-0.2, 0) is 9.53 Å². The molecule has 2 rings (SSSR count). The van der Waals surface area contributed by atoms with Crippen molar-refractivity contribution in [3.8, 4) is 5.75 Å². The number of fused-ring (bicyclic) bond motifs is 1. The maximum absolute atomic E-state index is 12.6. The molecule has 0 aromatic heterocycles. The Morgan fingerprint density at radius 1 is 1.45 bits per heavy atom. The predicted octanol–water partition coefficient (Wildman–Crippen LogP) is 1.90. The normalized spacial score (nSPS) is 17.1. The van der Waals surface area contributed by atoms with Gasteiger partial charge in [0.15, 0.2) is 0 Å². The summed E-state index contributed by atoms with van der Waals surface area (Å²) in [6.07, 6.45) is 0.765. The van der Waals surface area contributed by atoms with Gasteiger partial charge in [-0.1, -0.05) is 0 Å². The van der Waals surface area contributed by atoms with Gasteiger partial charge in [0.2, 0.25) is 5.91 Å². The number of aldehydes is 1. The van der Waals surface area contributed by atoms with E-state index in [9.17, 15) is 9.59 Å². The lowest BCUT2D eigenvalue weighted by Gasteiger charge is -2.27. The van der Waals surface area contributed by atoms with Gasteiger partial charge in [0.25, 0.3) is 0 Å². The molecule has 0 bridgehead atoms. The number of ether oxygens (including phenoxy) is 2.